The Kier molecular flexibility index (Phi) is 4.57. The number of rotatable bonds is 4. The lowest BCUT2D eigenvalue weighted by molar-refractivity contribution is -0.467. The summed E-state index contributed by atoms with van der Waals surface area (Å²) in [7, 11) is 0. The van der Waals surface area contributed by atoms with Gasteiger partial charge in [-0.1, -0.05) is 0 Å². The van der Waals surface area contributed by atoms with Crippen molar-refractivity contribution < 1.29 is 9.72 Å². The minimum Gasteiger partial charge on any atom is -0.349 e. The highest BCUT2D eigenvalue weighted by Crippen LogP contribution is 1.72. The number of hydrogen-bond donors (Lipinski definition) is 1. The summed E-state index contributed by atoms with van der Waals surface area (Å²) in [6.07, 6.45) is 0. The van der Waals surface area contributed by atoms with E-state index in [4.69, 9.17) is 11.6 Å². The summed E-state index contributed by atoms with van der Waals surface area (Å²) in [5.74, 6) is -0.339. The summed E-state index contributed by atoms with van der Waals surface area (Å²) in [4.78, 5) is 19.4. The van der Waals surface area contributed by atoms with Gasteiger partial charge < -0.3 is 5.32 Å². The van der Waals surface area contributed by atoms with Crippen LogP contribution in [0.1, 0.15) is 0 Å². The normalized spacial score (nSPS) is 8.90. The van der Waals surface area contributed by atoms with Gasteiger partial charge >= 0.3 is 0 Å². The fraction of sp³-hybridized carbons (Fsp3) is 0.750. The van der Waals surface area contributed by atoms with Gasteiger partial charge in [0.15, 0.2) is 0 Å². The number of carbonyl (C=O) groups is 1. The van der Waals surface area contributed by atoms with Gasteiger partial charge in [-0.25, -0.2) is 0 Å². The monoisotopic (exact) mass is 166 g/mol. The molecule has 0 radical (unpaired) electrons. The molecule has 1 amide bonds. The van der Waals surface area contributed by atoms with Gasteiger partial charge in [-0.05, 0) is 0 Å². The third-order valence-electron chi connectivity index (χ3n) is 0.689. The number of halogens is 1. The molecule has 0 aliphatic rings. The van der Waals surface area contributed by atoms with Crippen molar-refractivity contribution in [3.63, 3.8) is 0 Å². The second-order valence-corrected chi connectivity index (χ2v) is 1.91. The molecule has 0 heterocycles. The van der Waals surface area contributed by atoms with Crippen molar-refractivity contribution in [2.45, 2.75) is 0 Å². The lowest BCUT2D eigenvalue weighted by Crippen LogP contribution is -2.31. The number of nitro groups is 1. The zero-order valence-electron chi connectivity index (χ0n) is 5.17. The highest BCUT2D eigenvalue weighted by Gasteiger charge is 2.06. The van der Waals surface area contributed by atoms with Crippen LogP contribution in [0.25, 0.3) is 0 Å². The molecular formula is C4H7ClN2O3. The van der Waals surface area contributed by atoms with Crippen molar-refractivity contribution in [2.75, 3.05) is 19.0 Å². The average Bonchev–Trinajstić information content (AvgIpc) is 1.82. The van der Waals surface area contributed by atoms with Crippen LogP contribution < -0.4 is 5.32 Å². The van der Waals surface area contributed by atoms with E-state index < -0.39 is 17.4 Å². The Labute approximate surface area is 62.5 Å². The molecule has 0 aromatic heterocycles. The number of nitrogens with zero attached hydrogens (tertiary/aromatic N) is 1. The fourth-order valence-corrected chi connectivity index (χ4v) is 0.454. The van der Waals surface area contributed by atoms with Crippen molar-refractivity contribution in [1.29, 1.82) is 0 Å². The first-order valence-corrected chi connectivity index (χ1v) is 3.14. The molecule has 0 aliphatic carbocycles. The molecular weight excluding hydrogens is 160 g/mol. The molecule has 0 aliphatic heterocycles. The molecule has 0 aromatic rings. The molecule has 0 atom stereocenters. The number of hydrogen-bond acceptors (Lipinski definition) is 3. The summed E-state index contributed by atoms with van der Waals surface area (Å²) < 4.78 is 0. The Hall–Kier alpha value is -0.840. The van der Waals surface area contributed by atoms with E-state index in [1.165, 1.54) is 0 Å². The van der Waals surface area contributed by atoms with E-state index in [0.29, 0.717) is 0 Å². The van der Waals surface area contributed by atoms with E-state index in [1.807, 2.05) is 0 Å². The van der Waals surface area contributed by atoms with E-state index in [1.54, 1.807) is 0 Å². The fourth-order valence-electron chi connectivity index (χ4n) is 0.360. The van der Waals surface area contributed by atoms with Crippen LogP contribution in [0.2, 0.25) is 0 Å². The van der Waals surface area contributed by atoms with Gasteiger partial charge in [0.05, 0.1) is 0 Å². The topological polar surface area (TPSA) is 72.2 Å². The number of amides is 1. The molecule has 6 heteroatoms. The molecule has 0 saturated heterocycles. The zero-order valence-corrected chi connectivity index (χ0v) is 5.93. The largest absolute Gasteiger partial charge is 0.349 e. The average molecular weight is 167 g/mol. The molecule has 0 saturated carbocycles. The highest BCUT2D eigenvalue weighted by molar-refractivity contribution is 6.18. The van der Waals surface area contributed by atoms with Crippen molar-refractivity contribution >= 4 is 17.5 Å². The van der Waals surface area contributed by atoms with Crippen LogP contribution in [0, 0.1) is 10.1 Å². The molecule has 0 unspecified atom stereocenters. The lowest BCUT2D eigenvalue weighted by atomic mass is 10.6. The second-order valence-electron chi connectivity index (χ2n) is 1.53. The van der Waals surface area contributed by atoms with Crippen LogP contribution in [-0.4, -0.2) is 29.8 Å². The highest BCUT2D eigenvalue weighted by atomic mass is 35.5. The van der Waals surface area contributed by atoms with E-state index in [2.05, 4.69) is 5.32 Å². The van der Waals surface area contributed by atoms with Crippen LogP contribution >= 0.6 is 11.6 Å². The van der Waals surface area contributed by atoms with Crippen molar-refractivity contribution in [3.8, 4) is 0 Å². The predicted octanol–water partition coefficient (Wildman–Crippen LogP) is -0.382. The maximum Gasteiger partial charge on any atom is 0.291 e. The zero-order chi connectivity index (χ0) is 7.98. The second kappa shape index (κ2) is 4.99. The first kappa shape index (κ1) is 9.16. The Morgan fingerprint density at radius 2 is 2.30 bits per heavy atom. The van der Waals surface area contributed by atoms with Crippen molar-refractivity contribution in [1.82, 2.24) is 5.32 Å². The third kappa shape index (κ3) is 5.30. The molecule has 0 aromatic carbocycles. The standard InChI is InChI=1S/C4H7ClN2O3/c5-1-2-6-4(8)3-7(9)10/h1-3H2,(H,6,8). The molecule has 58 valence electrons. The van der Waals surface area contributed by atoms with Gasteiger partial charge in [-0.2, -0.15) is 0 Å². The lowest BCUT2D eigenvalue weighted by Gasteiger charge is -1.95. The minimum absolute atomic E-state index is 0.267. The molecule has 0 bridgehead atoms. The molecule has 1 N–H and O–H groups in total. The minimum atomic E-state index is -0.691. The maximum absolute atomic E-state index is 10.4. The Morgan fingerprint density at radius 3 is 2.70 bits per heavy atom. The number of nitrogens with one attached hydrogen (secondary N) is 1. The van der Waals surface area contributed by atoms with Crippen LogP contribution in [0.3, 0.4) is 0 Å². The molecule has 0 spiro atoms. The summed E-state index contributed by atoms with van der Waals surface area (Å²) in [6, 6.07) is 0. The first-order chi connectivity index (χ1) is 4.66. The van der Waals surface area contributed by atoms with Crippen LogP contribution in [0.5, 0.6) is 0 Å². The van der Waals surface area contributed by atoms with Gasteiger partial charge in [0.2, 0.25) is 0 Å². The third-order valence-corrected chi connectivity index (χ3v) is 0.878. The van der Waals surface area contributed by atoms with Gasteiger partial charge in [0, 0.05) is 17.3 Å². The first-order valence-electron chi connectivity index (χ1n) is 2.61. The van der Waals surface area contributed by atoms with Crippen LogP contribution in [0.15, 0.2) is 0 Å². The Morgan fingerprint density at radius 1 is 1.70 bits per heavy atom. The summed E-state index contributed by atoms with van der Waals surface area (Å²) in [5, 5.41) is 11.9. The Balaban J connectivity index is 3.35. The van der Waals surface area contributed by atoms with Gasteiger partial charge in [0.1, 0.15) is 0 Å². The SMILES string of the molecule is O=C(C[N+](=O)[O-])NCCCl. The maximum atomic E-state index is 10.4. The summed E-state index contributed by atoms with van der Waals surface area (Å²) in [6.45, 7) is -0.412. The van der Waals surface area contributed by atoms with Gasteiger partial charge in [-0.15, -0.1) is 11.6 Å². The Bertz CT molecular complexity index is 138. The predicted molar refractivity (Wildman–Crippen MR) is 35.6 cm³/mol. The number of carbonyl (C=O) groups excluding carboxylic acids is 1. The quantitative estimate of drug-likeness (QED) is 0.352. The van der Waals surface area contributed by atoms with Crippen molar-refractivity contribution in [2.24, 2.45) is 0 Å². The molecule has 10 heavy (non-hydrogen) atoms. The summed E-state index contributed by atoms with van der Waals surface area (Å²) >= 11 is 5.20. The van der Waals surface area contributed by atoms with E-state index in [9.17, 15) is 14.9 Å². The number of alkyl halides is 1. The molecule has 5 nitrogen and oxygen atoms in total. The smallest absolute Gasteiger partial charge is 0.291 e. The van der Waals surface area contributed by atoms with Crippen LogP contribution in [0.4, 0.5) is 0 Å². The van der Waals surface area contributed by atoms with E-state index in [-0.39, 0.29) is 12.4 Å². The van der Waals surface area contributed by atoms with Crippen LogP contribution in [-0.2, 0) is 4.79 Å². The molecule has 0 rings (SSSR count). The van der Waals surface area contributed by atoms with E-state index >= 15 is 0 Å². The molecule has 0 fully saturated rings. The van der Waals surface area contributed by atoms with E-state index in [0.717, 1.165) is 0 Å². The van der Waals surface area contributed by atoms with Gasteiger partial charge in [-0.3, -0.25) is 14.9 Å². The van der Waals surface area contributed by atoms with Gasteiger partial charge in [0.25, 0.3) is 12.5 Å². The van der Waals surface area contributed by atoms with Crippen molar-refractivity contribution in [3.05, 3.63) is 10.1 Å². The summed E-state index contributed by atoms with van der Waals surface area (Å²) in [5.41, 5.74) is 0.